The van der Waals surface area contributed by atoms with E-state index in [1.54, 1.807) is 24.3 Å². The zero-order valence-electron chi connectivity index (χ0n) is 7.66. The van der Waals surface area contributed by atoms with E-state index in [0.717, 1.165) is 13.0 Å². The van der Waals surface area contributed by atoms with Crippen molar-refractivity contribution in [1.82, 2.24) is 5.32 Å². The van der Waals surface area contributed by atoms with E-state index >= 15 is 0 Å². The Labute approximate surface area is 81.9 Å². The number of hydrogen-bond acceptors (Lipinski definition) is 3. The highest BCUT2D eigenvalue weighted by Gasteiger charge is 2.24. The molecule has 1 heterocycles. The van der Waals surface area contributed by atoms with E-state index in [2.05, 4.69) is 10.6 Å². The van der Waals surface area contributed by atoms with E-state index in [-0.39, 0.29) is 17.7 Å². The van der Waals surface area contributed by atoms with Gasteiger partial charge in [0, 0.05) is 0 Å². The van der Waals surface area contributed by atoms with Crippen LogP contribution in [-0.4, -0.2) is 23.6 Å². The first-order chi connectivity index (χ1) is 6.77. The predicted molar refractivity (Wildman–Crippen MR) is 53.1 cm³/mol. The lowest BCUT2D eigenvalue weighted by atomic mass is 10.1. The molecule has 0 radical (unpaired) electrons. The minimum atomic E-state index is -0.102. The molecule has 1 amide bonds. The van der Waals surface area contributed by atoms with E-state index in [0.29, 0.717) is 5.69 Å². The number of carbonyl (C=O) groups is 1. The maximum absolute atomic E-state index is 11.5. The minimum absolute atomic E-state index is 0.0854. The van der Waals surface area contributed by atoms with Gasteiger partial charge in [-0.05, 0) is 25.1 Å². The summed E-state index contributed by atoms with van der Waals surface area (Å²) in [6.45, 7) is 0.888. The Morgan fingerprint density at radius 3 is 2.79 bits per heavy atom. The van der Waals surface area contributed by atoms with E-state index in [1.807, 2.05) is 0 Å². The van der Waals surface area contributed by atoms with Crippen LogP contribution in [0.3, 0.4) is 0 Å². The Balaban J connectivity index is 2.03. The predicted octanol–water partition coefficient (Wildman–Crippen LogP) is 0.693. The van der Waals surface area contributed by atoms with Gasteiger partial charge in [0.05, 0.1) is 11.7 Å². The molecular weight excluding hydrogens is 180 g/mol. The fraction of sp³-hybridized carbons (Fsp3) is 0.300. The summed E-state index contributed by atoms with van der Waals surface area (Å²) >= 11 is 0. The number of carbonyl (C=O) groups excluding carboxylic acids is 1. The van der Waals surface area contributed by atoms with Crippen molar-refractivity contribution in [2.45, 2.75) is 12.5 Å². The van der Waals surface area contributed by atoms with Crippen LogP contribution in [-0.2, 0) is 4.79 Å². The summed E-state index contributed by atoms with van der Waals surface area (Å²) in [6, 6.07) is 6.60. The molecule has 1 aromatic carbocycles. The van der Waals surface area contributed by atoms with E-state index in [9.17, 15) is 9.90 Å². The molecule has 1 saturated heterocycles. The van der Waals surface area contributed by atoms with Gasteiger partial charge in [-0.25, -0.2) is 0 Å². The second-order valence-corrected chi connectivity index (χ2v) is 3.30. The molecule has 1 aromatic rings. The summed E-state index contributed by atoms with van der Waals surface area (Å²) in [6.07, 6.45) is 0.861. The second-order valence-electron chi connectivity index (χ2n) is 3.30. The topological polar surface area (TPSA) is 61.4 Å². The number of hydrogen-bond donors (Lipinski definition) is 3. The van der Waals surface area contributed by atoms with Crippen LogP contribution in [0.2, 0.25) is 0 Å². The Hall–Kier alpha value is -1.55. The molecule has 1 atom stereocenters. The molecule has 1 aliphatic heterocycles. The molecule has 1 aliphatic rings. The highest BCUT2D eigenvalue weighted by atomic mass is 16.3. The van der Waals surface area contributed by atoms with Crippen molar-refractivity contribution in [3.63, 3.8) is 0 Å². The Morgan fingerprint density at radius 1 is 1.50 bits per heavy atom. The fourth-order valence-corrected chi connectivity index (χ4v) is 1.31. The molecule has 4 heteroatoms. The van der Waals surface area contributed by atoms with Crippen molar-refractivity contribution in [2.75, 3.05) is 11.9 Å². The second kappa shape index (κ2) is 3.67. The third-order valence-electron chi connectivity index (χ3n) is 2.30. The number of benzene rings is 1. The fourth-order valence-electron chi connectivity index (χ4n) is 1.31. The van der Waals surface area contributed by atoms with Gasteiger partial charge in [-0.15, -0.1) is 0 Å². The molecule has 14 heavy (non-hydrogen) atoms. The lowest BCUT2D eigenvalue weighted by molar-refractivity contribution is -0.119. The number of phenols is 1. The highest BCUT2D eigenvalue weighted by Crippen LogP contribution is 2.22. The van der Waals surface area contributed by atoms with Crippen molar-refractivity contribution >= 4 is 11.6 Å². The van der Waals surface area contributed by atoms with Crippen molar-refractivity contribution in [2.24, 2.45) is 0 Å². The molecule has 0 aromatic heterocycles. The highest BCUT2D eigenvalue weighted by molar-refractivity contribution is 5.96. The summed E-state index contributed by atoms with van der Waals surface area (Å²) in [5.41, 5.74) is 0.464. The molecule has 0 saturated carbocycles. The monoisotopic (exact) mass is 192 g/mol. The number of rotatable bonds is 2. The average Bonchev–Trinajstić information content (AvgIpc) is 2.05. The molecule has 74 valence electrons. The largest absolute Gasteiger partial charge is 0.506 e. The summed E-state index contributed by atoms with van der Waals surface area (Å²) in [5, 5.41) is 15.0. The number of aromatic hydroxyl groups is 1. The maximum atomic E-state index is 11.5. The molecular formula is C10H12N2O2. The zero-order valence-corrected chi connectivity index (χ0v) is 7.66. The van der Waals surface area contributed by atoms with Crippen LogP contribution in [0, 0.1) is 0 Å². The molecule has 4 nitrogen and oxygen atoms in total. The van der Waals surface area contributed by atoms with E-state index in [4.69, 9.17) is 0 Å². The first-order valence-electron chi connectivity index (χ1n) is 4.59. The van der Waals surface area contributed by atoms with Gasteiger partial charge in [0.2, 0.25) is 5.91 Å². The smallest absolute Gasteiger partial charge is 0.241 e. The Kier molecular flexibility index (Phi) is 2.37. The quantitative estimate of drug-likeness (QED) is 0.604. The van der Waals surface area contributed by atoms with Crippen molar-refractivity contribution in [3.05, 3.63) is 24.3 Å². The summed E-state index contributed by atoms with van der Waals surface area (Å²) in [7, 11) is 0. The van der Waals surface area contributed by atoms with Gasteiger partial charge < -0.3 is 15.7 Å². The molecule has 1 unspecified atom stereocenters. The Morgan fingerprint density at radius 2 is 2.21 bits per heavy atom. The van der Waals surface area contributed by atoms with Crippen LogP contribution in [0.5, 0.6) is 5.75 Å². The standard InChI is InChI=1S/C10H12N2O2/c13-9-4-2-1-3-7(9)12-10(14)8-5-6-11-8/h1-4,8,11,13H,5-6H2,(H,12,14). The molecule has 0 aliphatic carbocycles. The number of nitrogens with one attached hydrogen (secondary N) is 2. The van der Waals surface area contributed by atoms with E-state index in [1.165, 1.54) is 0 Å². The summed E-state index contributed by atoms with van der Waals surface area (Å²) < 4.78 is 0. The van der Waals surface area contributed by atoms with Gasteiger partial charge >= 0.3 is 0 Å². The Bertz CT molecular complexity index is 348. The molecule has 3 N–H and O–H groups in total. The number of para-hydroxylation sites is 2. The van der Waals surface area contributed by atoms with Crippen LogP contribution < -0.4 is 10.6 Å². The van der Waals surface area contributed by atoms with Gasteiger partial charge in [0.15, 0.2) is 0 Å². The normalized spacial score (nSPS) is 19.9. The van der Waals surface area contributed by atoms with Crippen LogP contribution in [0.4, 0.5) is 5.69 Å². The molecule has 0 bridgehead atoms. The maximum Gasteiger partial charge on any atom is 0.241 e. The molecule has 1 fully saturated rings. The van der Waals surface area contributed by atoms with Gasteiger partial charge in [0.25, 0.3) is 0 Å². The SMILES string of the molecule is O=C(Nc1ccccc1O)C1CCN1. The number of anilines is 1. The van der Waals surface area contributed by atoms with Crippen molar-refractivity contribution < 1.29 is 9.90 Å². The van der Waals surface area contributed by atoms with Crippen LogP contribution >= 0.6 is 0 Å². The van der Waals surface area contributed by atoms with Crippen molar-refractivity contribution in [1.29, 1.82) is 0 Å². The zero-order chi connectivity index (χ0) is 9.97. The third-order valence-corrected chi connectivity index (χ3v) is 2.30. The van der Waals surface area contributed by atoms with Crippen molar-refractivity contribution in [3.8, 4) is 5.75 Å². The number of amides is 1. The van der Waals surface area contributed by atoms with Crippen LogP contribution in [0.15, 0.2) is 24.3 Å². The lowest BCUT2D eigenvalue weighted by Gasteiger charge is -2.26. The summed E-state index contributed by atoms with van der Waals surface area (Å²) in [4.78, 5) is 11.5. The average molecular weight is 192 g/mol. The van der Waals surface area contributed by atoms with E-state index < -0.39 is 0 Å². The molecule has 2 rings (SSSR count). The van der Waals surface area contributed by atoms with Gasteiger partial charge in [-0.1, -0.05) is 12.1 Å². The first kappa shape index (κ1) is 9.02. The minimum Gasteiger partial charge on any atom is -0.506 e. The first-order valence-corrected chi connectivity index (χ1v) is 4.59. The van der Waals surface area contributed by atoms with Crippen LogP contribution in [0.25, 0.3) is 0 Å². The van der Waals surface area contributed by atoms with Gasteiger partial charge in [0.1, 0.15) is 5.75 Å². The number of phenolic OH excluding ortho intramolecular Hbond substituents is 1. The van der Waals surface area contributed by atoms with Crippen LogP contribution in [0.1, 0.15) is 6.42 Å². The summed E-state index contributed by atoms with van der Waals surface area (Å²) in [5.74, 6) is 0.0120. The molecule has 0 spiro atoms. The lowest BCUT2D eigenvalue weighted by Crippen LogP contribution is -2.50. The third kappa shape index (κ3) is 1.70. The van der Waals surface area contributed by atoms with Gasteiger partial charge in [-0.2, -0.15) is 0 Å². The van der Waals surface area contributed by atoms with Gasteiger partial charge in [-0.3, -0.25) is 4.79 Å².